The molecule has 206 valence electrons. The highest BCUT2D eigenvalue weighted by atomic mass is 32.2. The first-order valence-electron chi connectivity index (χ1n) is 12.9. The molecule has 0 spiro atoms. The van der Waals surface area contributed by atoms with Crippen molar-refractivity contribution in [3.63, 3.8) is 0 Å². The second-order valence-electron chi connectivity index (χ2n) is 10.9. The Morgan fingerprint density at radius 2 is 1.92 bits per heavy atom. The number of hydrogen-bond donors (Lipinski definition) is 2. The summed E-state index contributed by atoms with van der Waals surface area (Å²) < 4.78 is 35.0. The van der Waals surface area contributed by atoms with Gasteiger partial charge in [-0.1, -0.05) is 67.6 Å². The van der Waals surface area contributed by atoms with Gasteiger partial charge in [0.05, 0.1) is 12.9 Å². The number of Topliss-reactive ketones (excluding diaryl/α,β-unsaturated/α-hetero) is 1. The fourth-order valence-electron chi connectivity index (χ4n) is 6.07. The molecule has 39 heavy (non-hydrogen) atoms. The number of nitrogens with one attached hydrogen (secondary N) is 2. The molecular weight excluding hydrogens is 536 g/mol. The van der Waals surface area contributed by atoms with E-state index < -0.39 is 32.8 Å². The fraction of sp³-hybridized carbons (Fsp3) is 0.429. The Labute approximate surface area is 232 Å². The number of hydrogen-bond acceptors (Lipinski definition) is 8. The summed E-state index contributed by atoms with van der Waals surface area (Å²) in [6, 6.07) is 15.4. The highest BCUT2D eigenvalue weighted by Gasteiger charge is 2.65. The lowest BCUT2D eigenvalue weighted by atomic mass is 9.70. The molecule has 3 unspecified atom stereocenters. The Hall–Kier alpha value is -3.15. The zero-order valence-corrected chi connectivity index (χ0v) is 23.8. The Bertz CT molecular complexity index is 1490. The number of nitrogens with zero attached hydrogens (tertiary/aromatic N) is 2. The monoisotopic (exact) mass is 568 g/mol. The molecule has 3 aromatic rings. The van der Waals surface area contributed by atoms with Gasteiger partial charge in [0.25, 0.3) is 0 Å². The summed E-state index contributed by atoms with van der Waals surface area (Å²) >= 11 is 1.18. The predicted octanol–water partition coefficient (Wildman–Crippen LogP) is 4.08. The quantitative estimate of drug-likeness (QED) is 0.377. The molecule has 0 radical (unpaired) electrons. The summed E-state index contributed by atoms with van der Waals surface area (Å²) in [6.07, 6.45) is 1.95. The van der Waals surface area contributed by atoms with Crippen molar-refractivity contribution >= 4 is 38.2 Å². The average Bonchev–Trinajstić information content (AvgIpc) is 3.51. The summed E-state index contributed by atoms with van der Waals surface area (Å²) in [5.41, 5.74) is 0.249. The van der Waals surface area contributed by atoms with Crippen LogP contribution in [0.4, 0.5) is 5.13 Å². The highest BCUT2D eigenvalue weighted by Crippen LogP contribution is 2.64. The number of methoxy groups -OCH3 is 1. The third kappa shape index (κ3) is 5.35. The fourth-order valence-corrected chi connectivity index (χ4v) is 8.84. The molecule has 2 saturated carbocycles. The van der Waals surface area contributed by atoms with Crippen LogP contribution in [0.15, 0.2) is 54.6 Å². The maximum absolute atomic E-state index is 13.5. The number of sulfonamides is 1. The van der Waals surface area contributed by atoms with Crippen molar-refractivity contribution < 1.29 is 22.7 Å². The van der Waals surface area contributed by atoms with Crippen LogP contribution in [0.3, 0.4) is 0 Å². The Morgan fingerprint density at radius 3 is 2.59 bits per heavy atom. The number of fused-ring (bicyclic) bond motifs is 2. The molecule has 9 nitrogen and oxygen atoms in total. The van der Waals surface area contributed by atoms with Gasteiger partial charge in [-0.25, -0.2) is 13.1 Å². The maximum Gasteiger partial charge on any atom is 0.244 e. The van der Waals surface area contributed by atoms with Gasteiger partial charge in [-0.15, -0.1) is 10.2 Å². The molecule has 2 fully saturated rings. The van der Waals surface area contributed by atoms with E-state index in [-0.39, 0.29) is 29.0 Å². The zero-order valence-electron chi connectivity index (χ0n) is 22.1. The first-order chi connectivity index (χ1) is 18.5. The number of amides is 1. The number of carbonyl (C=O) groups is 2. The first-order valence-corrected chi connectivity index (χ1v) is 15.4. The van der Waals surface area contributed by atoms with E-state index in [1.54, 1.807) is 7.11 Å². The van der Waals surface area contributed by atoms with E-state index in [4.69, 9.17) is 4.74 Å². The Balaban J connectivity index is 1.36. The van der Waals surface area contributed by atoms with Crippen LogP contribution in [-0.4, -0.2) is 49.2 Å². The molecule has 1 heterocycles. The van der Waals surface area contributed by atoms with E-state index in [2.05, 4.69) is 20.2 Å². The predicted molar refractivity (Wildman–Crippen MR) is 150 cm³/mol. The highest BCUT2D eigenvalue weighted by molar-refractivity contribution is 7.89. The molecule has 2 bridgehead atoms. The molecule has 0 saturated heterocycles. The molecule has 1 aromatic heterocycles. The number of aromatic nitrogens is 2. The van der Waals surface area contributed by atoms with Crippen LogP contribution in [-0.2, 0) is 26.0 Å². The second-order valence-corrected chi connectivity index (χ2v) is 13.7. The lowest BCUT2D eigenvalue weighted by molar-refractivity contribution is -0.128. The van der Waals surface area contributed by atoms with E-state index in [0.717, 1.165) is 17.5 Å². The number of ketones is 1. The number of carbonyl (C=O) groups excluding carboxylic acids is 2. The van der Waals surface area contributed by atoms with Crippen LogP contribution in [0, 0.1) is 16.7 Å². The van der Waals surface area contributed by atoms with Gasteiger partial charge in [0.2, 0.25) is 21.1 Å². The van der Waals surface area contributed by atoms with E-state index in [0.29, 0.717) is 23.6 Å². The van der Waals surface area contributed by atoms with Gasteiger partial charge in [-0.05, 0) is 48.3 Å². The Kier molecular flexibility index (Phi) is 7.34. The third-order valence-electron chi connectivity index (χ3n) is 8.47. The number of benzene rings is 2. The van der Waals surface area contributed by atoms with Crippen molar-refractivity contribution in [2.45, 2.75) is 45.6 Å². The summed E-state index contributed by atoms with van der Waals surface area (Å²) in [4.78, 5) is 26.4. The van der Waals surface area contributed by atoms with E-state index in [1.807, 2.05) is 68.4 Å². The Morgan fingerprint density at radius 1 is 1.15 bits per heavy atom. The average molecular weight is 569 g/mol. The first kappa shape index (κ1) is 27.4. The normalized spacial score (nSPS) is 22.5. The third-order valence-corrected chi connectivity index (χ3v) is 10.9. The summed E-state index contributed by atoms with van der Waals surface area (Å²) in [5.74, 6) is 0.00811. The van der Waals surface area contributed by atoms with E-state index in [1.165, 1.54) is 11.3 Å². The van der Waals surface area contributed by atoms with Crippen molar-refractivity contribution in [3.05, 3.63) is 60.2 Å². The summed E-state index contributed by atoms with van der Waals surface area (Å²) in [5, 5.41) is 11.8. The smallest absolute Gasteiger partial charge is 0.244 e. The molecule has 2 aromatic carbocycles. The number of anilines is 1. The zero-order chi connectivity index (χ0) is 27.8. The lowest BCUT2D eigenvalue weighted by Crippen LogP contribution is -2.50. The van der Waals surface area contributed by atoms with Gasteiger partial charge < -0.3 is 4.74 Å². The number of ether oxygens (including phenoxy) is 1. The maximum atomic E-state index is 13.5. The topological polar surface area (TPSA) is 127 Å². The molecular formula is C28H32N4O5S2. The molecule has 2 aliphatic rings. The molecule has 0 aliphatic heterocycles. The molecule has 5 rings (SSSR count). The van der Waals surface area contributed by atoms with Gasteiger partial charge in [-0.2, -0.15) is 0 Å². The van der Waals surface area contributed by atoms with E-state index >= 15 is 0 Å². The van der Waals surface area contributed by atoms with Gasteiger partial charge in [-0.3, -0.25) is 14.9 Å². The van der Waals surface area contributed by atoms with Gasteiger partial charge >= 0.3 is 0 Å². The van der Waals surface area contributed by atoms with Gasteiger partial charge in [0, 0.05) is 17.4 Å². The van der Waals surface area contributed by atoms with Crippen molar-refractivity contribution in [2.75, 3.05) is 18.2 Å². The minimum absolute atomic E-state index is 0.0112. The second kappa shape index (κ2) is 10.4. The van der Waals surface area contributed by atoms with E-state index in [9.17, 15) is 18.0 Å². The number of rotatable bonds is 10. The van der Waals surface area contributed by atoms with Crippen molar-refractivity contribution in [1.29, 1.82) is 0 Å². The SMILES string of the molecule is COc1cccc(-c2nnc(NC(=O)C(Cc3ccccc3)NS(=O)(=O)CC34CCC(CC3=O)C4(C)C)s2)c1. The summed E-state index contributed by atoms with van der Waals surface area (Å²) in [7, 11) is -2.42. The molecule has 11 heteroatoms. The van der Waals surface area contributed by atoms with Crippen molar-refractivity contribution in [3.8, 4) is 16.3 Å². The molecule has 1 amide bonds. The van der Waals surface area contributed by atoms with Crippen LogP contribution in [0.25, 0.3) is 10.6 Å². The van der Waals surface area contributed by atoms with Crippen molar-refractivity contribution in [2.24, 2.45) is 16.7 Å². The van der Waals surface area contributed by atoms with Crippen LogP contribution < -0.4 is 14.8 Å². The molecule has 3 atom stereocenters. The van der Waals surface area contributed by atoms with Crippen LogP contribution in [0.2, 0.25) is 0 Å². The minimum atomic E-state index is -3.99. The molecule has 2 aliphatic carbocycles. The molecule has 2 N–H and O–H groups in total. The van der Waals surface area contributed by atoms with Crippen molar-refractivity contribution in [1.82, 2.24) is 14.9 Å². The van der Waals surface area contributed by atoms with Gasteiger partial charge in [0.1, 0.15) is 22.6 Å². The van der Waals surface area contributed by atoms with Crippen LogP contribution >= 0.6 is 11.3 Å². The van der Waals surface area contributed by atoms with Crippen LogP contribution in [0.1, 0.15) is 38.7 Å². The van der Waals surface area contributed by atoms with Gasteiger partial charge in [0.15, 0.2) is 0 Å². The van der Waals surface area contributed by atoms with Crippen LogP contribution in [0.5, 0.6) is 5.75 Å². The lowest BCUT2D eigenvalue weighted by Gasteiger charge is -2.36. The largest absolute Gasteiger partial charge is 0.497 e. The summed E-state index contributed by atoms with van der Waals surface area (Å²) in [6.45, 7) is 3.99. The minimum Gasteiger partial charge on any atom is -0.497 e. The standard InChI is InChI=1S/C28H32N4O5S2/c1-27(2)20-12-13-28(27,23(33)16-20)17-39(35,36)32-22(14-18-8-5-4-6-9-18)24(34)29-26-31-30-25(38-26)19-10-7-11-21(15-19)37-3/h4-11,15,20,22,32H,12-14,16-17H2,1-3H3,(H,29,31,34).